The summed E-state index contributed by atoms with van der Waals surface area (Å²) in [4.78, 5) is 25.0. The Bertz CT molecular complexity index is 820. The summed E-state index contributed by atoms with van der Waals surface area (Å²) in [6.45, 7) is 0. The van der Waals surface area contributed by atoms with Crippen molar-refractivity contribution in [3.8, 4) is 5.69 Å². The van der Waals surface area contributed by atoms with Gasteiger partial charge in [-0.1, -0.05) is 18.2 Å². The number of aromatic nitrogens is 3. The van der Waals surface area contributed by atoms with Crippen molar-refractivity contribution in [2.45, 2.75) is 0 Å². The summed E-state index contributed by atoms with van der Waals surface area (Å²) in [6.07, 6.45) is 1.24. The van der Waals surface area contributed by atoms with E-state index in [4.69, 9.17) is 0 Å². The Balaban J connectivity index is 2.06. The molecule has 0 aliphatic carbocycles. The predicted molar refractivity (Wildman–Crippen MR) is 79.6 cm³/mol. The summed E-state index contributed by atoms with van der Waals surface area (Å²) in [5.41, 5.74) is 0.135. The van der Waals surface area contributed by atoms with Crippen LogP contribution in [0.3, 0.4) is 0 Å². The van der Waals surface area contributed by atoms with Gasteiger partial charge < -0.3 is 0 Å². The zero-order valence-electron chi connectivity index (χ0n) is 10.1. The summed E-state index contributed by atoms with van der Waals surface area (Å²) in [5, 5.41) is 5.76. The van der Waals surface area contributed by atoms with Gasteiger partial charge >= 0.3 is 5.69 Å². The number of carbonyl (C=O) groups is 1. The highest BCUT2D eigenvalue weighted by Gasteiger charge is 2.18. The molecule has 5 nitrogen and oxygen atoms in total. The molecular formula is C13H8BrN3O2S. The van der Waals surface area contributed by atoms with Gasteiger partial charge in [0.1, 0.15) is 11.2 Å². The number of hydrogen-bond acceptors (Lipinski definition) is 4. The van der Waals surface area contributed by atoms with Gasteiger partial charge in [0.25, 0.3) is 5.91 Å². The van der Waals surface area contributed by atoms with E-state index >= 15 is 0 Å². The fraction of sp³-hybridized carbons (Fsp3) is 0. The lowest BCUT2D eigenvalue weighted by atomic mass is 10.3. The molecule has 0 amide bonds. The predicted octanol–water partition coefficient (Wildman–Crippen LogP) is 2.55. The highest BCUT2D eigenvalue weighted by molar-refractivity contribution is 9.10. The monoisotopic (exact) mass is 349 g/mol. The van der Waals surface area contributed by atoms with Crippen LogP contribution in [0.1, 0.15) is 9.67 Å². The maximum absolute atomic E-state index is 12.3. The molecule has 0 fully saturated rings. The number of thiophene rings is 1. The van der Waals surface area contributed by atoms with E-state index in [1.54, 1.807) is 35.7 Å². The van der Waals surface area contributed by atoms with Gasteiger partial charge in [-0.05, 0) is 39.5 Å². The Morgan fingerprint density at radius 1 is 1.20 bits per heavy atom. The highest BCUT2D eigenvalue weighted by atomic mass is 79.9. The van der Waals surface area contributed by atoms with Gasteiger partial charge in [-0.15, -0.1) is 11.3 Å². The normalized spacial score (nSPS) is 10.7. The Hall–Kier alpha value is -1.99. The molecule has 0 spiro atoms. The van der Waals surface area contributed by atoms with Gasteiger partial charge in [-0.25, -0.2) is 9.36 Å². The second kappa shape index (κ2) is 5.18. The summed E-state index contributed by atoms with van der Waals surface area (Å²) >= 11 is 4.56. The highest BCUT2D eigenvalue weighted by Crippen LogP contribution is 2.23. The maximum Gasteiger partial charge on any atom is 0.357 e. The van der Waals surface area contributed by atoms with Crippen LogP contribution in [0.25, 0.3) is 5.69 Å². The SMILES string of the molecule is O=C(c1sccc1Br)n1cnn(-c2ccccc2)c1=O. The number of benzene rings is 1. The Morgan fingerprint density at radius 2 is 1.95 bits per heavy atom. The van der Waals surface area contributed by atoms with E-state index in [0.717, 1.165) is 4.57 Å². The Morgan fingerprint density at radius 3 is 2.60 bits per heavy atom. The largest absolute Gasteiger partial charge is 0.357 e. The van der Waals surface area contributed by atoms with Crippen LogP contribution < -0.4 is 5.69 Å². The molecule has 100 valence electrons. The van der Waals surface area contributed by atoms with Crippen molar-refractivity contribution in [2.75, 3.05) is 0 Å². The molecule has 1 aromatic carbocycles. The van der Waals surface area contributed by atoms with Crippen LogP contribution >= 0.6 is 27.3 Å². The summed E-state index contributed by atoms with van der Waals surface area (Å²) in [5.74, 6) is -0.390. The quantitative estimate of drug-likeness (QED) is 0.714. The number of carbonyl (C=O) groups excluding carboxylic acids is 1. The second-order valence-corrected chi connectivity index (χ2v) is 5.70. The fourth-order valence-corrected chi connectivity index (χ4v) is 3.22. The van der Waals surface area contributed by atoms with Crippen molar-refractivity contribution in [1.29, 1.82) is 0 Å². The molecule has 0 saturated heterocycles. The van der Waals surface area contributed by atoms with E-state index in [1.807, 2.05) is 6.07 Å². The molecule has 3 rings (SSSR count). The maximum atomic E-state index is 12.3. The minimum absolute atomic E-state index is 0.390. The lowest BCUT2D eigenvalue weighted by molar-refractivity contribution is 0.0959. The molecule has 0 atom stereocenters. The number of para-hydroxylation sites is 1. The van der Waals surface area contributed by atoms with E-state index in [2.05, 4.69) is 21.0 Å². The standard InChI is InChI=1S/C13H8BrN3O2S/c14-10-6-7-20-11(10)12(18)16-8-15-17(13(16)19)9-4-2-1-3-5-9/h1-8H. The van der Waals surface area contributed by atoms with Gasteiger partial charge in [0.15, 0.2) is 0 Å². The van der Waals surface area contributed by atoms with Crippen molar-refractivity contribution in [1.82, 2.24) is 14.3 Å². The lowest BCUT2D eigenvalue weighted by Crippen LogP contribution is -2.28. The van der Waals surface area contributed by atoms with Crippen LogP contribution in [0.2, 0.25) is 0 Å². The third kappa shape index (κ3) is 2.14. The van der Waals surface area contributed by atoms with Gasteiger partial charge in [-0.2, -0.15) is 9.78 Å². The third-order valence-electron chi connectivity index (χ3n) is 2.70. The van der Waals surface area contributed by atoms with Crippen LogP contribution in [-0.2, 0) is 0 Å². The molecule has 0 aliphatic heterocycles. The topological polar surface area (TPSA) is 56.9 Å². The zero-order chi connectivity index (χ0) is 14.1. The molecule has 2 aromatic heterocycles. The zero-order valence-corrected chi connectivity index (χ0v) is 12.5. The van der Waals surface area contributed by atoms with Gasteiger partial charge in [0.05, 0.1) is 5.69 Å². The van der Waals surface area contributed by atoms with E-state index in [1.165, 1.54) is 22.3 Å². The minimum Gasteiger partial charge on any atom is -0.267 e. The number of rotatable bonds is 2. The van der Waals surface area contributed by atoms with Crippen molar-refractivity contribution in [3.05, 3.63) is 67.9 Å². The molecule has 20 heavy (non-hydrogen) atoms. The van der Waals surface area contributed by atoms with E-state index in [0.29, 0.717) is 15.0 Å². The second-order valence-electron chi connectivity index (χ2n) is 3.93. The first-order chi connectivity index (χ1) is 9.68. The van der Waals surface area contributed by atoms with Crippen LogP contribution in [0.4, 0.5) is 0 Å². The van der Waals surface area contributed by atoms with Crippen molar-refractivity contribution < 1.29 is 4.79 Å². The number of nitrogens with zero attached hydrogens (tertiary/aromatic N) is 3. The number of hydrogen-bond donors (Lipinski definition) is 0. The van der Waals surface area contributed by atoms with E-state index in [9.17, 15) is 9.59 Å². The first kappa shape index (κ1) is 13.0. The number of halogens is 1. The Labute approximate surface area is 126 Å². The summed E-state index contributed by atoms with van der Waals surface area (Å²) in [7, 11) is 0. The molecular weight excluding hydrogens is 342 g/mol. The van der Waals surface area contributed by atoms with E-state index in [-0.39, 0.29) is 5.91 Å². The van der Waals surface area contributed by atoms with Crippen LogP contribution in [-0.4, -0.2) is 20.3 Å². The summed E-state index contributed by atoms with van der Waals surface area (Å²) < 4.78 is 2.87. The van der Waals surface area contributed by atoms with Crippen LogP contribution in [0.5, 0.6) is 0 Å². The molecule has 7 heteroatoms. The molecule has 3 aromatic rings. The van der Waals surface area contributed by atoms with Crippen molar-refractivity contribution >= 4 is 33.2 Å². The van der Waals surface area contributed by atoms with Crippen molar-refractivity contribution in [3.63, 3.8) is 0 Å². The minimum atomic E-state index is -0.485. The lowest BCUT2D eigenvalue weighted by Gasteiger charge is -1.99. The molecule has 0 unspecified atom stereocenters. The van der Waals surface area contributed by atoms with E-state index < -0.39 is 5.69 Å². The van der Waals surface area contributed by atoms with Gasteiger partial charge in [0, 0.05) is 4.47 Å². The Kier molecular flexibility index (Phi) is 3.37. The molecule has 0 saturated carbocycles. The molecule has 0 bridgehead atoms. The van der Waals surface area contributed by atoms with Crippen LogP contribution in [0.15, 0.2) is 57.4 Å². The first-order valence-corrected chi connectivity index (χ1v) is 7.35. The summed E-state index contributed by atoms with van der Waals surface area (Å²) in [6, 6.07) is 10.7. The average Bonchev–Trinajstić information content (AvgIpc) is 3.05. The van der Waals surface area contributed by atoms with Crippen LogP contribution in [0, 0.1) is 0 Å². The molecule has 0 N–H and O–H groups in total. The molecule has 0 aliphatic rings. The van der Waals surface area contributed by atoms with Crippen molar-refractivity contribution in [2.24, 2.45) is 0 Å². The third-order valence-corrected chi connectivity index (χ3v) is 4.53. The fourth-order valence-electron chi connectivity index (χ4n) is 1.75. The smallest absolute Gasteiger partial charge is 0.267 e. The molecule has 0 radical (unpaired) electrons. The van der Waals surface area contributed by atoms with Gasteiger partial charge in [-0.3, -0.25) is 4.79 Å². The first-order valence-electron chi connectivity index (χ1n) is 5.68. The molecule has 2 heterocycles. The average molecular weight is 350 g/mol. The van der Waals surface area contributed by atoms with Gasteiger partial charge in [0.2, 0.25) is 0 Å².